The summed E-state index contributed by atoms with van der Waals surface area (Å²) >= 11 is 5.86. The van der Waals surface area contributed by atoms with Gasteiger partial charge in [0.05, 0.1) is 11.6 Å². The van der Waals surface area contributed by atoms with Gasteiger partial charge in [0.1, 0.15) is 5.82 Å². The third-order valence-corrected chi connectivity index (χ3v) is 3.68. The van der Waals surface area contributed by atoms with Crippen molar-refractivity contribution in [1.82, 2.24) is 20.2 Å². The Kier molecular flexibility index (Phi) is 2.26. The number of H-pyrrole nitrogens is 1. The Labute approximate surface area is 104 Å². The van der Waals surface area contributed by atoms with E-state index in [0.29, 0.717) is 17.0 Å². The van der Waals surface area contributed by atoms with E-state index in [2.05, 4.69) is 39.3 Å². The zero-order chi connectivity index (χ0) is 12.0. The largest absolute Gasteiger partial charge is 0.369 e. The Morgan fingerprint density at radius 2 is 2.29 bits per heavy atom. The van der Waals surface area contributed by atoms with E-state index < -0.39 is 0 Å². The second-order valence-electron chi connectivity index (χ2n) is 5.24. The first-order valence-electron chi connectivity index (χ1n) is 5.67. The zero-order valence-electron chi connectivity index (χ0n) is 9.79. The fourth-order valence-corrected chi connectivity index (χ4v) is 2.26. The molecule has 1 fully saturated rings. The first-order valence-corrected chi connectivity index (χ1v) is 6.04. The molecule has 2 aromatic rings. The molecule has 0 spiro atoms. The molecule has 90 valence electrons. The van der Waals surface area contributed by atoms with Gasteiger partial charge in [0.2, 0.25) is 5.28 Å². The number of nitrogens with zero attached hydrogens (tertiary/aromatic N) is 3. The van der Waals surface area contributed by atoms with Gasteiger partial charge in [-0.3, -0.25) is 5.10 Å². The van der Waals surface area contributed by atoms with E-state index in [-0.39, 0.29) is 5.28 Å². The van der Waals surface area contributed by atoms with Gasteiger partial charge in [-0.05, 0) is 29.4 Å². The summed E-state index contributed by atoms with van der Waals surface area (Å²) in [6, 6.07) is 0. The van der Waals surface area contributed by atoms with Crippen molar-refractivity contribution >= 4 is 28.5 Å². The average molecular weight is 252 g/mol. The maximum atomic E-state index is 5.86. The highest BCUT2D eigenvalue weighted by atomic mass is 35.5. The highest BCUT2D eigenvalue weighted by Crippen LogP contribution is 2.51. The molecule has 17 heavy (non-hydrogen) atoms. The summed E-state index contributed by atoms with van der Waals surface area (Å²) in [4.78, 5) is 8.27. The van der Waals surface area contributed by atoms with E-state index in [9.17, 15) is 0 Å². The van der Waals surface area contributed by atoms with Gasteiger partial charge in [0.15, 0.2) is 5.65 Å². The first-order chi connectivity index (χ1) is 8.06. The van der Waals surface area contributed by atoms with Gasteiger partial charge in [-0.25, -0.2) is 0 Å². The Bertz CT molecular complexity index is 562. The number of nitrogens with one attached hydrogen (secondary N) is 2. The van der Waals surface area contributed by atoms with Crippen LogP contribution in [0, 0.1) is 11.3 Å². The lowest BCUT2D eigenvalue weighted by Gasteiger charge is -2.07. The topological polar surface area (TPSA) is 66.5 Å². The van der Waals surface area contributed by atoms with Crippen molar-refractivity contribution in [2.75, 3.05) is 11.9 Å². The lowest BCUT2D eigenvalue weighted by atomic mass is 10.1. The highest BCUT2D eigenvalue weighted by molar-refractivity contribution is 6.28. The molecule has 5 nitrogen and oxygen atoms in total. The standard InChI is InChI=1S/C11H14ClN5/c1-11(2)3-6(11)4-13-8-7-5-14-17-9(7)16-10(12)15-8/h5-6H,3-4H2,1-2H3,(H2,13,14,15,16,17). The highest BCUT2D eigenvalue weighted by Gasteiger charge is 2.45. The molecule has 0 aromatic carbocycles. The predicted molar refractivity (Wildman–Crippen MR) is 67.1 cm³/mol. The van der Waals surface area contributed by atoms with Crippen LogP contribution in [0.25, 0.3) is 11.0 Å². The molecule has 1 aliphatic carbocycles. The summed E-state index contributed by atoms with van der Waals surface area (Å²) in [6.07, 6.45) is 2.97. The smallest absolute Gasteiger partial charge is 0.226 e. The molecule has 2 aromatic heterocycles. The van der Waals surface area contributed by atoms with Crippen molar-refractivity contribution in [2.24, 2.45) is 11.3 Å². The van der Waals surface area contributed by atoms with E-state index in [1.54, 1.807) is 6.20 Å². The molecule has 0 bridgehead atoms. The summed E-state index contributed by atoms with van der Waals surface area (Å²) in [5.74, 6) is 1.47. The van der Waals surface area contributed by atoms with E-state index >= 15 is 0 Å². The van der Waals surface area contributed by atoms with E-state index in [0.717, 1.165) is 17.7 Å². The normalized spacial score (nSPS) is 21.7. The fourth-order valence-electron chi connectivity index (χ4n) is 2.09. The molecular weight excluding hydrogens is 238 g/mol. The van der Waals surface area contributed by atoms with Gasteiger partial charge in [0, 0.05) is 6.54 Å². The van der Waals surface area contributed by atoms with Crippen molar-refractivity contribution in [3.8, 4) is 0 Å². The molecule has 1 atom stereocenters. The second-order valence-corrected chi connectivity index (χ2v) is 5.58. The van der Waals surface area contributed by atoms with Crippen LogP contribution in [0.15, 0.2) is 6.20 Å². The van der Waals surface area contributed by atoms with Gasteiger partial charge in [-0.15, -0.1) is 0 Å². The van der Waals surface area contributed by atoms with Crippen molar-refractivity contribution in [2.45, 2.75) is 20.3 Å². The number of rotatable bonds is 3. The van der Waals surface area contributed by atoms with Gasteiger partial charge < -0.3 is 5.32 Å². The van der Waals surface area contributed by atoms with E-state index in [1.165, 1.54) is 6.42 Å². The molecule has 6 heteroatoms. The molecule has 2 N–H and O–H groups in total. The van der Waals surface area contributed by atoms with Gasteiger partial charge in [-0.1, -0.05) is 13.8 Å². The number of aromatic amines is 1. The predicted octanol–water partition coefficient (Wildman–Crippen LogP) is 2.46. The molecule has 0 aliphatic heterocycles. The number of anilines is 1. The second kappa shape index (κ2) is 3.57. The average Bonchev–Trinajstić information content (AvgIpc) is 2.69. The molecule has 0 radical (unpaired) electrons. The molecule has 1 saturated carbocycles. The molecular formula is C11H14ClN5. The van der Waals surface area contributed by atoms with Crippen LogP contribution < -0.4 is 5.32 Å². The molecule has 0 saturated heterocycles. The maximum absolute atomic E-state index is 5.86. The minimum Gasteiger partial charge on any atom is -0.369 e. The molecule has 1 aliphatic rings. The van der Waals surface area contributed by atoms with Crippen LogP contribution in [0.5, 0.6) is 0 Å². The quantitative estimate of drug-likeness (QED) is 0.823. The number of fused-ring (bicyclic) bond motifs is 1. The number of aromatic nitrogens is 4. The maximum Gasteiger partial charge on any atom is 0.226 e. The zero-order valence-corrected chi connectivity index (χ0v) is 10.5. The SMILES string of the molecule is CC1(C)CC1CNc1nc(Cl)nc2[nH]ncc12. The van der Waals surface area contributed by atoms with Crippen LogP contribution in [0.4, 0.5) is 5.82 Å². The molecule has 2 heterocycles. The summed E-state index contributed by atoms with van der Waals surface area (Å²) in [5, 5.41) is 11.2. The van der Waals surface area contributed by atoms with Crippen molar-refractivity contribution in [1.29, 1.82) is 0 Å². The van der Waals surface area contributed by atoms with Crippen molar-refractivity contribution < 1.29 is 0 Å². The van der Waals surface area contributed by atoms with E-state index in [1.807, 2.05) is 0 Å². The Balaban J connectivity index is 1.82. The van der Waals surface area contributed by atoms with Crippen LogP contribution >= 0.6 is 11.6 Å². The summed E-state index contributed by atoms with van der Waals surface area (Å²) < 4.78 is 0. The Hall–Kier alpha value is -1.36. The summed E-state index contributed by atoms with van der Waals surface area (Å²) in [5.41, 5.74) is 1.13. The minimum atomic E-state index is 0.235. The number of halogens is 1. The molecule has 0 amide bonds. The fraction of sp³-hybridized carbons (Fsp3) is 0.545. The van der Waals surface area contributed by atoms with Crippen LogP contribution in [-0.4, -0.2) is 26.7 Å². The number of hydrogen-bond acceptors (Lipinski definition) is 4. The van der Waals surface area contributed by atoms with Crippen molar-refractivity contribution in [3.05, 3.63) is 11.5 Å². The van der Waals surface area contributed by atoms with Gasteiger partial charge in [-0.2, -0.15) is 15.1 Å². The molecule has 3 rings (SSSR count). The first kappa shape index (κ1) is 10.8. The summed E-state index contributed by atoms with van der Waals surface area (Å²) in [6.45, 7) is 5.47. The third-order valence-electron chi connectivity index (χ3n) is 3.52. The summed E-state index contributed by atoms with van der Waals surface area (Å²) in [7, 11) is 0. The van der Waals surface area contributed by atoms with E-state index in [4.69, 9.17) is 11.6 Å². The van der Waals surface area contributed by atoms with Gasteiger partial charge in [0.25, 0.3) is 0 Å². The van der Waals surface area contributed by atoms with Crippen LogP contribution in [0.3, 0.4) is 0 Å². The van der Waals surface area contributed by atoms with Crippen molar-refractivity contribution in [3.63, 3.8) is 0 Å². The van der Waals surface area contributed by atoms with Crippen LogP contribution in [0.2, 0.25) is 5.28 Å². The lowest BCUT2D eigenvalue weighted by Crippen LogP contribution is -2.09. The third kappa shape index (κ3) is 1.95. The van der Waals surface area contributed by atoms with Crippen LogP contribution in [-0.2, 0) is 0 Å². The number of hydrogen-bond donors (Lipinski definition) is 2. The molecule has 1 unspecified atom stereocenters. The Morgan fingerprint density at radius 1 is 1.53 bits per heavy atom. The van der Waals surface area contributed by atoms with Crippen LogP contribution in [0.1, 0.15) is 20.3 Å². The Morgan fingerprint density at radius 3 is 3.00 bits per heavy atom. The van der Waals surface area contributed by atoms with Gasteiger partial charge >= 0.3 is 0 Å². The minimum absolute atomic E-state index is 0.235. The lowest BCUT2D eigenvalue weighted by molar-refractivity contribution is 0.573. The monoisotopic (exact) mass is 251 g/mol.